The molecule has 0 saturated heterocycles. The van der Waals surface area contributed by atoms with Crippen LogP contribution >= 0.6 is 0 Å². The Kier molecular flexibility index (Phi) is 4.16. The largest absolute Gasteiger partial charge is 0.462 e. The number of sulfone groups is 1. The molecule has 0 radical (unpaired) electrons. The van der Waals surface area contributed by atoms with Gasteiger partial charge in [-0.3, -0.25) is 0 Å². The van der Waals surface area contributed by atoms with Crippen molar-refractivity contribution in [1.82, 2.24) is 0 Å². The van der Waals surface area contributed by atoms with Gasteiger partial charge in [-0.25, -0.2) is 13.2 Å². The van der Waals surface area contributed by atoms with Crippen molar-refractivity contribution in [3.8, 4) is 0 Å². The number of ether oxygens (including phenoxy) is 1. The summed E-state index contributed by atoms with van der Waals surface area (Å²) in [6, 6.07) is 5.73. The third kappa shape index (κ3) is 4.49. The molecule has 0 fully saturated rings. The van der Waals surface area contributed by atoms with Crippen molar-refractivity contribution >= 4 is 15.8 Å². The molecule has 0 aromatic heterocycles. The van der Waals surface area contributed by atoms with Gasteiger partial charge in [-0.15, -0.1) is 0 Å². The monoisotopic (exact) mass is 270 g/mol. The minimum atomic E-state index is -3.23. The van der Waals surface area contributed by atoms with Crippen LogP contribution in [-0.2, 0) is 14.6 Å². The molecule has 100 valence electrons. The Bertz CT molecular complexity index is 521. The zero-order valence-corrected chi connectivity index (χ0v) is 11.9. The molecule has 5 heteroatoms. The lowest BCUT2D eigenvalue weighted by molar-refractivity contribution is 0.0367. The van der Waals surface area contributed by atoms with E-state index in [-0.39, 0.29) is 10.3 Å². The van der Waals surface area contributed by atoms with Crippen molar-refractivity contribution in [2.24, 2.45) is 5.41 Å². The SMILES string of the molecule is CC(C)(C)COC(=O)c1ccc(S(C)(=O)=O)cc1. The van der Waals surface area contributed by atoms with Crippen molar-refractivity contribution in [3.05, 3.63) is 29.8 Å². The molecule has 0 aliphatic heterocycles. The molecule has 0 spiro atoms. The van der Waals surface area contributed by atoms with Gasteiger partial charge in [-0.1, -0.05) is 20.8 Å². The van der Waals surface area contributed by atoms with E-state index < -0.39 is 15.8 Å². The molecule has 1 aromatic carbocycles. The zero-order chi connectivity index (χ0) is 14.0. The first kappa shape index (κ1) is 14.7. The molecule has 1 aromatic rings. The Morgan fingerprint density at radius 1 is 1.17 bits per heavy atom. The van der Waals surface area contributed by atoms with Gasteiger partial charge in [0.2, 0.25) is 0 Å². The van der Waals surface area contributed by atoms with E-state index in [0.29, 0.717) is 12.2 Å². The van der Waals surface area contributed by atoms with Gasteiger partial charge in [0.05, 0.1) is 17.1 Å². The molecule has 4 nitrogen and oxygen atoms in total. The number of esters is 1. The van der Waals surface area contributed by atoms with E-state index in [1.54, 1.807) is 0 Å². The molecular weight excluding hydrogens is 252 g/mol. The quantitative estimate of drug-likeness (QED) is 0.791. The van der Waals surface area contributed by atoms with Gasteiger partial charge in [-0.2, -0.15) is 0 Å². The molecule has 0 atom stereocenters. The van der Waals surface area contributed by atoms with Gasteiger partial charge in [0.25, 0.3) is 0 Å². The minimum Gasteiger partial charge on any atom is -0.462 e. The fraction of sp³-hybridized carbons (Fsp3) is 0.462. The van der Waals surface area contributed by atoms with Gasteiger partial charge >= 0.3 is 5.97 Å². The number of benzene rings is 1. The smallest absolute Gasteiger partial charge is 0.338 e. The van der Waals surface area contributed by atoms with Crippen LogP contribution in [0.4, 0.5) is 0 Å². The molecular formula is C13H18O4S. The maximum absolute atomic E-state index is 11.7. The predicted molar refractivity (Wildman–Crippen MR) is 69.3 cm³/mol. The molecule has 0 aliphatic rings. The highest BCUT2D eigenvalue weighted by Gasteiger charge is 2.15. The van der Waals surface area contributed by atoms with E-state index in [1.807, 2.05) is 20.8 Å². The molecule has 18 heavy (non-hydrogen) atoms. The average Bonchev–Trinajstić information content (AvgIpc) is 2.24. The highest BCUT2D eigenvalue weighted by molar-refractivity contribution is 7.90. The second kappa shape index (κ2) is 5.10. The molecule has 0 saturated carbocycles. The van der Waals surface area contributed by atoms with Crippen molar-refractivity contribution in [3.63, 3.8) is 0 Å². The van der Waals surface area contributed by atoms with Crippen LogP contribution in [0, 0.1) is 5.41 Å². The fourth-order valence-electron chi connectivity index (χ4n) is 1.20. The Balaban J connectivity index is 2.77. The number of carbonyl (C=O) groups excluding carboxylic acids is 1. The first-order valence-corrected chi connectivity index (χ1v) is 7.46. The van der Waals surface area contributed by atoms with Crippen LogP contribution in [0.25, 0.3) is 0 Å². The molecule has 0 bridgehead atoms. The summed E-state index contributed by atoms with van der Waals surface area (Å²) in [5, 5.41) is 0. The van der Waals surface area contributed by atoms with E-state index in [9.17, 15) is 13.2 Å². The summed E-state index contributed by atoms with van der Waals surface area (Å²) in [5.41, 5.74) is 0.258. The van der Waals surface area contributed by atoms with Crippen molar-refractivity contribution in [2.75, 3.05) is 12.9 Å². The summed E-state index contributed by atoms with van der Waals surface area (Å²) in [6.07, 6.45) is 1.12. The van der Waals surface area contributed by atoms with E-state index >= 15 is 0 Å². The van der Waals surface area contributed by atoms with Crippen LogP contribution < -0.4 is 0 Å². The third-order valence-corrected chi connectivity index (χ3v) is 3.28. The molecule has 0 unspecified atom stereocenters. The van der Waals surface area contributed by atoms with Gasteiger partial charge in [-0.05, 0) is 29.7 Å². The van der Waals surface area contributed by atoms with Crippen LogP contribution in [0.3, 0.4) is 0 Å². The molecule has 0 N–H and O–H groups in total. The van der Waals surface area contributed by atoms with E-state index in [2.05, 4.69) is 0 Å². The standard InChI is InChI=1S/C13H18O4S/c1-13(2,3)9-17-12(14)10-5-7-11(8-6-10)18(4,15)16/h5-8H,9H2,1-4H3. The van der Waals surface area contributed by atoms with E-state index in [4.69, 9.17) is 4.74 Å². The minimum absolute atomic E-state index is 0.0949. The fourth-order valence-corrected chi connectivity index (χ4v) is 1.83. The van der Waals surface area contributed by atoms with Crippen LogP contribution in [0.2, 0.25) is 0 Å². The summed E-state index contributed by atoms with van der Waals surface area (Å²) in [7, 11) is -3.23. The van der Waals surface area contributed by atoms with Crippen molar-refractivity contribution < 1.29 is 17.9 Å². The van der Waals surface area contributed by atoms with Gasteiger partial charge in [0, 0.05) is 6.26 Å². The first-order chi connectivity index (χ1) is 8.09. The summed E-state index contributed by atoms with van der Waals surface area (Å²) >= 11 is 0. The maximum Gasteiger partial charge on any atom is 0.338 e. The molecule has 0 aliphatic carbocycles. The number of carbonyl (C=O) groups is 1. The topological polar surface area (TPSA) is 60.4 Å². The second-order valence-corrected chi connectivity index (χ2v) is 7.45. The van der Waals surface area contributed by atoms with E-state index in [0.717, 1.165) is 6.26 Å². The highest BCUT2D eigenvalue weighted by Crippen LogP contribution is 2.15. The van der Waals surface area contributed by atoms with Crippen LogP contribution in [0.1, 0.15) is 31.1 Å². The van der Waals surface area contributed by atoms with E-state index in [1.165, 1.54) is 24.3 Å². The normalized spacial score (nSPS) is 12.2. The second-order valence-electron chi connectivity index (χ2n) is 5.43. The van der Waals surface area contributed by atoms with Crippen LogP contribution in [-0.4, -0.2) is 27.2 Å². The molecule has 0 heterocycles. The van der Waals surface area contributed by atoms with Gasteiger partial charge < -0.3 is 4.74 Å². The zero-order valence-electron chi connectivity index (χ0n) is 11.1. The Morgan fingerprint density at radius 3 is 2.06 bits per heavy atom. The Hall–Kier alpha value is -1.36. The van der Waals surface area contributed by atoms with Crippen molar-refractivity contribution in [1.29, 1.82) is 0 Å². The lowest BCUT2D eigenvalue weighted by atomic mass is 9.99. The number of hydrogen-bond donors (Lipinski definition) is 0. The summed E-state index contributed by atoms with van der Waals surface area (Å²) in [6.45, 7) is 6.22. The maximum atomic E-state index is 11.7. The van der Waals surface area contributed by atoms with Crippen molar-refractivity contribution in [2.45, 2.75) is 25.7 Å². The molecule has 1 rings (SSSR count). The average molecular weight is 270 g/mol. The third-order valence-electron chi connectivity index (χ3n) is 2.15. The van der Waals surface area contributed by atoms with Gasteiger partial charge in [0.1, 0.15) is 0 Å². The predicted octanol–water partition coefficient (Wildman–Crippen LogP) is 2.29. The lowest BCUT2D eigenvalue weighted by Gasteiger charge is -2.17. The number of hydrogen-bond acceptors (Lipinski definition) is 4. The first-order valence-electron chi connectivity index (χ1n) is 5.57. The Labute approximate surface area is 108 Å². The lowest BCUT2D eigenvalue weighted by Crippen LogP contribution is -2.18. The molecule has 0 amide bonds. The summed E-state index contributed by atoms with van der Waals surface area (Å²) in [5.74, 6) is -0.440. The van der Waals surface area contributed by atoms with Gasteiger partial charge in [0.15, 0.2) is 9.84 Å². The van der Waals surface area contributed by atoms with Crippen LogP contribution in [0.15, 0.2) is 29.2 Å². The Morgan fingerprint density at radius 2 is 1.67 bits per heavy atom. The highest BCUT2D eigenvalue weighted by atomic mass is 32.2. The summed E-state index contributed by atoms with van der Waals surface area (Å²) < 4.78 is 27.6. The summed E-state index contributed by atoms with van der Waals surface area (Å²) in [4.78, 5) is 11.9. The number of rotatable bonds is 3. The van der Waals surface area contributed by atoms with Crippen LogP contribution in [0.5, 0.6) is 0 Å².